The summed E-state index contributed by atoms with van der Waals surface area (Å²) in [6.07, 6.45) is 0.350. The number of benzene rings is 1. The largest absolute Gasteiger partial charge is 0.461 e. The van der Waals surface area contributed by atoms with Gasteiger partial charge in [0.25, 0.3) is 5.56 Å². The van der Waals surface area contributed by atoms with E-state index >= 15 is 0 Å². The fourth-order valence-electron chi connectivity index (χ4n) is 2.79. The fraction of sp³-hybridized carbons (Fsp3) is 0.333. The molecule has 1 unspecified atom stereocenters. The SMILES string of the molecule is CC(=O)OCC1(C)CC(c2cc(-n3c(=O)cc(C)[nH]c3=O)ccc2Cl)=NO1. The van der Waals surface area contributed by atoms with Crippen LogP contribution in [0.1, 0.15) is 31.5 Å². The van der Waals surface area contributed by atoms with Gasteiger partial charge in [-0.15, -0.1) is 0 Å². The number of esters is 1. The van der Waals surface area contributed by atoms with Gasteiger partial charge in [0.05, 0.1) is 11.4 Å². The van der Waals surface area contributed by atoms with Crippen molar-refractivity contribution in [3.05, 3.63) is 61.4 Å². The van der Waals surface area contributed by atoms with E-state index in [9.17, 15) is 14.4 Å². The maximum atomic E-state index is 12.2. The highest BCUT2D eigenvalue weighted by atomic mass is 35.5. The molecule has 1 aliphatic rings. The Bertz CT molecular complexity index is 1020. The van der Waals surface area contributed by atoms with E-state index in [1.165, 1.54) is 13.0 Å². The Kier molecular flexibility index (Phi) is 4.93. The minimum atomic E-state index is -0.807. The van der Waals surface area contributed by atoms with Crippen molar-refractivity contribution in [3.63, 3.8) is 0 Å². The third-order valence-electron chi connectivity index (χ3n) is 4.08. The quantitative estimate of drug-likeness (QED) is 0.802. The highest BCUT2D eigenvalue weighted by Gasteiger charge is 2.36. The van der Waals surface area contributed by atoms with Gasteiger partial charge in [0.2, 0.25) is 0 Å². The zero-order chi connectivity index (χ0) is 19.8. The summed E-state index contributed by atoms with van der Waals surface area (Å²) in [6.45, 7) is 4.76. The Hall–Kier alpha value is -2.87. The number of carbonyl (C=O) groups is 1. The van der Waals surface area contributed by atoms with Crippen LogP contribution in [0.15, 0.2) is 39.0 Å². The van der Waals surface area contributed by atoms with Crippen molar-refractivity contribution in [1.29, 1.82) is 0 Å². The van der Waals surface area contributed by atoms with Gasteiger partial charge in [-0.2, -0.15) is 0 Å². The van der Waals surface area contributed by atoms with E-state index in [2.05, 4.69) is 10.1 Å². The highest BCUT2D eigenvalue weighted by molar-refractivity contribution is 6.34. The van der Waals surface area contributed by atoms with E-state index in [1.807, 2.05) is 0 Å². The second-order valence-electron chi connectivity index (χ2n) is 6.63. The monoisotopic (exact) mass is 391 g/mol. The van der Waals surface area contributed by atoms with Gasteiger partial charge in [-0.25, -0.2) is 9.36 Å². The molecule has 0 aliphatic carbocycles. The number of aryl methyl sites for hydroxylation is 1. The number of hydrogen-bond acceptors (Lipinski definition) is 6. The second-order valence-corrected chi connectivity index (χ2v) is 7.04. The first-order valence-corrected chi connectivity index (χ1v) is 8.58. The van der Waals surface area contributed by atoms with Crippen molar-refractivity contribution in [2.75, 3.05) is 6.61 Å². The molecule has 2 aromatic rings. The van der Waals surface area contributed by atoms with Gasteiger partial charge < -0.3 is 14.6 Å². The van der Waals surface area contributed by atoms with Gasteiger partial charge in [0.1, 0.15) is 6.61 Å². The lowest BCUT2D eigenvalue weighted by atomic mass is 9.96. The summed E-state index contributed by atoms with van der Waals surface area (Å²) in [5, 5.41) is 4.46. The number of aromatic amines is 1. The number of rotatable bonds is 4. The minimum Gasteiger partial charge on any atom is -0.461 e. The number of carbonyl (C=O) groups excluding carboxylic acids is 1. The standard InChI is InChI=1S/C18H18ClN3O5/c1-10-6-16(24)22(17(25)20-10)12-4-5-14(19)13(7-12)15-8-18(3,27-21-15)9-26-11(2)23/h4-7H,8-9H2,1-3H3,(H,20,25). The minimum absolute atomic E-state index is 0.0454. The molecular formula is C18H18ClN3O5. The first kappa shape index (κ1) is 18.9. The first-order valence-electron chi connectivity index (χ1n) is 8.20. The summed E-state index contributed by atoms with van der Waals surface area (Å²) in [5.74, 6) is -0.411. The van der Waals surface area contributed by atoms with Crippen LogP contribution in [0.2, 0.25) is 5.02 Å². The average molecular weight is 392 g/mol. The van der Waals surface area contributed by atoms with Crippen molar-refractivity contribution in [1.82, 2.24) is 9.55 Å². The number of halogens is 1. The Morgan fingerprint density at radius 2 is 2.15 bits per heavy atom. The molecule has 1 aromatic heterocycles. The first-order chi connectivity index (χ1) is 12.7. The number of oxime groups is 1. The van der Waals surface area contributed by atoms with E-state index in [0.29, 0.717) is 34.1 Å². The molecule has 0 spiro atoms. The Labute approximate surface area is 159 Å². The fourth-order valence-corrected chi connectivity index (χ4v) is 3.02. The van der Waals surface area contributed by atoms with Crippen LogP contribution in [-0.2, 0) is 14.4 Å². The van der Waals surface area contributed by atoms with Crippen LogP contribution in [0.4, 0.5) is 0 Å². The molecular weight excluding hydrogens is 374 g/mol. The van der Waals surface area contributed by atoms with E-state index in [4.69, 9.17) is 21.2 Å². The molecule has 1 aliphatic heterocycles. The zero-order valence-electron chi connectivity index (χ0n) is 15.0. The maximum absolute atomic E-state index is 12.2. The average Bonchev–Trinajstić information content (AvgIpc) is 2.96. The molecule has 0 saturated carbocycles. The van der Waals surface area contributed by atoms with E-state index in [-0.39, 0.29) is 6.61 Å². The lowest BCUT2D eigenvalue weighted by Gasteiger charge is -2.20. The number of nitrogens with one attached hydrogen (secondary N) is 1. The van der Waals surface area contributed by atoms with Crippen molar-refractivity contribution in [2.45, 2.75) is 32.8 Å². The molecule has 27 heavy (non-hydrogen) atoms. The number of ether oxygens (including phenoxy) is 1. The summed E-state index contributed by atoms with van der Waals surface area (Å²) in [4.78, 5) is 43.5. The number of hydrogen-bond donors (Lipinski definition) is 1. The molecule has 0 bridgehead atoms. The number of nitrogens with zero attached hydrogens (tertiary/aromatic N) is 2. The lowest BCUT2D eigenvalue weighted by Crippen LogP contribution is -2.34. The molecule has 8 nitrogen and oxygen atoms in total. The zero-order valence-corrected chi connectivity index (χ0v) is 15.8. The van der Waals surface area contributed by atoms with E-state index in [1.54, 1.807) is 32.0 Å². The van der Waals surface area contributed by atoms with Crippen LogP contribution < -0.4 is 11.2 Å². The van der Waals surface area contributed by atoms with E-state index in [0.717, 1.165) is 4.57 Å². The topological polar surface area (TPSA) is 103 Å². The Morgan fingerprint density at radius 1 is 1.41 bits per heavy atom. The smallest absolute Gasteiger partial charge is 0.333 e. The summed E-state index contributed by atoms with van der Waals surface area (Å²) in [7, 11) is 0. The Morgan fingerprint density at radius 3 is 2.81 bits per heavy atom. The molecule has 2 heterocycles. The maximum Gasteiger partial charge on any atom is 0.333 e. The van der Waals surface area contributed by atoms with Crippen molar-refractivity contribution >= 4 is 23.3 Å². The third kappa shape index (κ3) is 3.95. The molecule has 1 N–H and O–H groups in total. The summed E-state index contributed by atoms with van der Waals surface area (Å²) >= 11 is 6.29. The normalized spacial score (nSPS) is 18.7. The van der Waals surface area contributed by atoms with Gasteiger partial charge in [-0.3, -0.25) is 9.59 Å². The van der Waals surface area contributed by atoms with Gasteiger partial charge in [0, 0.05) is 35.7 Å². The predicted molar refractivity (Wildman–Crippen MR) is 99.7 cm³/mol. The lowest BCUT2D eigenvalue weighted by molar-refractivity contribution is -0.149. The summed E-state index contributed by atoms with van der Waals surface area (Å²) < 4.78 is 6.03. The summed E-state index contributed by atoms with van der Waals surface area (Å²) in [6, 6.07) is 6.10. The molecule has 0 radical (unpaired) electrons. The molecule has 9 heteroatoms. The van der Waals surface area contributed by atoms with Crippen LogP contribution in [0, 0.1) is 6.92 Å². The van der Waals surface area contributed by atoms with Gasteiger partial charge in [-0.1, -0.05) is 16.8 Å². The van der Waals surface area contributed by atoms with Crippen molar-refractivity contribution < 1.29 is 14.4 Å². The molecule has 142 valence electrons. The molecule has 0 saturated heterocycles. The van der Waals surface area contributed by atoms with Crippen LogP contribution in [-0.4, -0.2) is 33.4 Å². The second kappa shape index (κ2) is 7.03. The van der Waals surface area contributed by atoms with Crippen molar-refractivity contribution in [2.24, 2.45) is 5.16 Å². The number of aromatic nitrogens is 2. The molecule has 1 aromatic carbocycles. The molecule has 3 rings (SSSR count). The van der Waals surface area contributed by atoms with Crippen LogP contribution in [0.5, 0.6) is 0 Å². The molecule has 0 fully saturated rings. The third-order valence-corrected chi connectivity index (χ3v) is 4.41. The Balaban J connectivity index is 1.95. The van der Waals surface area contributed by atoms with Crippen LogP contribution in [0.25, 0.3) is 5.69 Å². The number of H-pyrrole nitrogens is 1. The van der Waals surface area contributed by atoms with Gasteiger partial charge in [-0.05, 0) is 32.0 Å². The van der Waals surface area contributed by atoms with E-state index < -0.39 is 22.8 Å². The van der Waals surface area contributed by atoms with Crippen LogP contribution in [0.3, 0.4) is 0 Å². The predicted octanol–water partition coefficient (Wildman–Crippen LogP) is 1.93. The van der Waals surface area contributed by atoms with Gasteiger partial charge in [0.15, 0.2) is 5.60 Å². The van der Waals surface area contributed by atoms with Crippen molar-refractivity contribution in [3.8, 4) is 5.69 Å². The molecule has 1 atom stereocenters. The summed E-state index contributed by atoms with van der Waals surface area (Å²) in [5.41, 5.74) is 0.104. The highest BCUT2D eigenvalue weighted by Crippen LogP contribution is 2.30. The van der Waals surface area contributed by atoms with Crippen LogP contribution >= 0.6 is 11.6 Å². The van der Waals surface area contributed by atoms with Gasteiger partial charge >= 0.3 is 11.7 Å². The molecule has 0 amide bonds.